The molecule has 1 unspecified atom stereocenters. The van der Waals surface area contributed by atoms with Crippen molar-refractivity contribution in [2.24, 2.45) is 4.99 Å². The average Bonchev–Trinajstić information content (AvgIpc) is 3.30. The molecule has 6 nitrogen and oxygen atoms in total. The van der Waals surface area contributed by atoms with Crippen molar-refractivity contribution in [2.45, 2.75) is 32.7 Å². The predicted molar refractivity (Wildman–Crippen MR) is 105 cm³/mol. The van der Waals surface area contributed by atoms with Crippen LogP contribution in [0.3, 0.4) is 0 Å². The van der Waals surface area contributed by atoms with Crippen molar-refractivity contribution in [3.05, 3.63) is 44.8 Å². The summed E-state index contributed by atoms with van der Waals surface area (Å²) in [6, 6.07) is 3.64. The summed E-state index contributed by atoms with van der Waals surface area (Å²) in [5, 5.41) is 7.55. The summed E-state index contributed by atoms with van der Waals surface area (Å²) in [5.41, 5.74) is 2.13. The van der Waals surface area contributed by atoms with E-state index in [1.165, 1.54) is 18.9 Å². The van der Waals surface area contributed by atoms with E-state index in [0.717, 1.165) is 21.4 Å². The van der Waals surface area contributed by atoms with E-state index < -0.39 is 0 Å². The van der Waals surface area contributed by atoms with Gasteiger partial charge in [0.1, 0.15) is 6.04 Å². The zero-order chi connectivity index (χ0) is 18.7. The Hall–Kier alpha value is -2.06. The van der Waals surface area contributed by atoms with Gasteiger partial charge in [-0.1, -0.05) is 24.8 Å². The molecular weight excluding hydrogens is 370 g/mol. The number of rotatable bonds is 6. The highest BCUT2D eigenvalue weighted by atomic mass is 32.2. The van der Waals surface area contributed by atoms with Gasteiger partial charge in [0, 0.05) is 17.1 Å². The molecule has 0 spiro atoms. The van der Waals surface area contributed by atoms with E-state index in [-0.39, 0.29) is 24.3 Å². The first-order chi connectivity index (χ1) is 12.6. The van der Waals surface area contributed by atoms with Crippen molar-refractivity contribution in [2.75, 3.05) is 13.7 Å². The van der Waals surface area contributed by atoms with Gasteiger partial charge in [-0.05, 0) is 30.2 Å². The number of carbonyl (C=O) groups is 2. The van der Waals surface area contributed by atoms with Crippen LogP contribution in [0, 0.1) is 0 Å². The van der Waals surface area contributed by atoms with Gasteiger partial charge in [0.05, 0.1) is 24.8 Å². The van der Waals surface area contributed by atoms with Crippen LogP contribution >= 0.6 is 23.1 Å². The minimum absolute atomic E-state index is 0.0459. The van der Waals surface area contributed by atoms with E-state index in [4.69, 9.17) is 4.74 Å². The molecule has 0 saturated heterocycles. The highest BCUT2D eigenvalue weighted by Crippen LogP contribution is 2.46. The molecule has 138 valence electrons. The summed E-state index contributed by atoms with van der Waals surface area (Å²) in [4.78, 5) is 32.4. The number of ether oxygens (including phenoxy) is 1. The number of nitrogens with one attached hydrogen (secondary N) is 1. The fraction of sp³-hybridized carbons (Fsp3) is 0.389. The second-order valence-electron chi connectivity index (χ2n) is 5.75. The molecule has 2 aliphatic heterocycles. The molecule has 8 heteroatoms. The number of hydrogen-bond acceptors (Lipinski definition) is 7. The Morgan fingerprint density at radius 1 is 1.38 bits per heavy atom. The Kier molecular flexibility index (Phi) is 5.83. The largest absolute Gasteiger partial charge is 0.466 e. The molecule has 0 bridgehead atoms. The number of methoxy groups -OCH3 is 1. The highest BCUT2D eigenvalue weighted by molar-refractivity contribution is 8.16. The number of esters is 1. The molecule has 0 fully saturated rings. The Balaban J connectivity index is 2.05. The van der Waals surface area contributed by atoms with E-state index in [9.17, 15) is 9.59 Å². The van der Waals surface area contributed by atoms with Crippen LogP contribution in [-0.2, 0) is 14.3 Å². The predicted octanol–water partition coefficient (Wildman–Crippen LogP) is 3.41. The van der Waals surface area contributed by atoms with Gasteiger partial charge in [-0.25, -0.2) is 9.79 Å². The third-order valence-corrected chi connectivity index (χ3v) is 5.97. The third kappa shape index (κ3) is 3.43. The number of thioether (sulfide) groups is 1. The number of allylic oxidation sites excluding steroid dienone is 1. The first kappa shape index (κ1) is 18.7. The van der Waals surface area contributed by atoms with Crippen molar-refractivity contribution in [3.63, 3.8) is 0 Å². The Morgan fingerprint density at radius 2 is 2.19 bits per heavy atom. The first-order valence-electron chi connectivity index (χ1n) is 8.45. The van der Waals surface area contributed by atoms with E-state index in [2.05, 4.69) is 10.3 Å². The topological polar surface area (TPSA) is 71.0 Å². The lowest BCUT2D eigenvalue weighted by atomic mass is 9.98. The van der Waals surface area contributed by atoms with Gasteiger partial charge < -0.3 is 15.0 Å². The Morgan fingerprint density at radius 3 is 2.81 bits per heavy atom. The van der Waals surface area contributed by atoms with Gasteiger partial charge in [-0.3, -0.25) is 4.79 Å². The van der Waals surface area contributed by atoms with E-state index >= 15 is 0 Å². The molecule has 0 aliphatic carbocycles. The zero-order valence-corrected chi connectivity index (χ0v) is 16.6. The van der Waals surface area contributed by atoms with Gasteiger partial charge in [-0.2, -0.15) is 0 Å². The summed E-state index contributed by atoms with van der Waals surface area (Å²) in [6.45, 7) is 4.46. The molecule has 1 aromatic heterocycles. The van der Waals surface area contributed by atoms with Crippen LogP contribution in [0.1, 0.15) is 37.6 Å². The number of amides is 1. The Bertz CT molecular complexity index is 797. The summed E-state index contributed by atoms with van der Waals surface area (Å²) in [6.07, 6.45) is 0.882. The van der Waals surface area contributed by atoms with Crippen LogP contribution in [0.2, 0.25) is 0 Å². The van der Waals surface area contributed by atoms with E-state index in [0.29, 0.717) is 18.5 Å². The highest BCUT2D eigenvalue weighted by Gasteiger charge is 2.41. The number of nitrogens with zero attached hydrogens (tertiary/aromatic N) is 2. The molecule has 0 saturated carbocycles. The van der Waals surface area contributed by atoms with E-state index in [1.54, 1.807) is 11.3 Å². The quantitative estimate of drug-likeness (QED) is 0.753. The maximum atomic E-state index is 12.6. The second kappa shape index (κ2) is 8.09. The van der Waals surface area contributed by atoms with Gasteiger partial charge >= 0.3 is 5.97 Å². The van der Waals surface area contributed by atoms with Gasteiger partial charge in [0.15, 0.2) is 5.17 Å². The standard InChI is InChI=1S/C18H21N3O3S2/c1-4-12-15(17(23)24-3)16(13-7-6-8-25-13)21-11(9-14(22)19-5-2)10-26-18(21)20-12/h6-8,10,16H,4-5,9H2,1-3H3,(H,19,22). The molecule has 3 heterocycles. The van der Waals surface area contributed by atoms with Crippen molar-refractivity contribution in [1.29, 1.82) is 0 Å². The smallest absolute Gasteiger partial charge is 0.338 e. The lowest BCUT2D eigenvalue weighted by Crippen LogP contribution is -2.37. The van der Waals surface area contributed by atoms with Gasteiger partial charge in [0.2, 0.25) is 5.91 Å². The third-order valence-electron chi connectivity index (χ3n) is 4.16. The van der Waals surface area contributed by atoms with Crippen LogP contribution in [-0.4, -0.2) is 35.6 Å². The van der Waals surface area contributed by atoms with Crippen molar-refractivity contribution < 1.29 is 14.3 Å². The molecular formula is C18H21N3O3S2. The number of fused-ring (bicyclic) bond motifs is 1. The summed E-state index contributed by atoms with van der Waals surface area (Å²) < 4.78 is 5.06. The number of hydrogen-bond donors (Lipinski definition) is 1. The molecule has 0 aromatic carbocycles. The molecule has 1 atom stereocenters. The molecule has 2 aliphatic rings. The van der Waals surface area contributed by atoms with Crippen LogP contribution in [0.25, 0.3) is 0 Å². The second-order valence-corrected chi connectivity index (χ2v) is 7.56. The first-order valence-corrected chi connectivity index (χ1v) is 10.2. The van der Waals surface area contributed by atoms with Crippen LogP contribution < -0.4 is 5.32 Å². The lowest BCUT2D eigenvalue weighted by Gasteiger charge is -2.35. The summed E-state index contributed by atoms with van der Waals surface area (Å²) >= 11 is 3.07. The number of amidine groups is 1. The summed E-state index contributed by atoms with van der Waals surface area (Å²) in [5.74, 6) is -0.423. The van der Waals surface area contributed by atoms with Crippen LogP contribution in [0.5, 0.6) is 0 Å². The minimum Gasteiger partial charge on any atom is -0.466 e. The van der Waals surface area contributed by atoms with Crippen molar-refractivity contribution in [1.82, 2.24) is 10.2 Å². The zero-order valence-electron chi connectivity index (χ0n) is 14.9. The normalized spacial score (nSPS) is 19.0. The monoisotopic (exact) mass is 391 g/mol. The average molecular weight is 392 g/mol. The summed E-state index contributed by atoms with van der Waals surface area (Å²) in [7, 11) is 1.39. The van der Waals surface area contributed by atoms with Crippen molar-refractivity contribution in [3.8, 4) is 0 Å². The molecule has 0 radical (unpaired) electrons. The molecule has 1 aromatic rings. The molecule has 26 heavy (non-hydrogen) atoms. The van der Waals surface area contributed by atoms with Gasteiger partial charge in [-0.15, -0.1) is 11.3 Å². The molecule has 3 rings (SSSR count). The lowest BCUT2D eigenvalue weighted by molar-refractivity contribution is -0.136. The fourth-order valence-electron chi connectivity index (χ4n) is 3.05. The Labute approximate surface area is 161 Å². The number of carbonyl (C=O) groups excluding carboxylic acids is 2. The number of aliphatic imine (C=N–C) groups is 1. The fourth-order valence-corrected chi connectivity index (χ4v) is 4.81. The van der Waals surface area contributed by atoms with Crippen LogP contribution in [0.4, 0.5) is 0 Å². The maximum absolute atomic E-state index is 12.6. The SMILES string of the molecule is CCNC(=O)CC1=CSC2=NC(CC)=C(C(=O)OC)C(c3cccs3)N12. The van der Waals surface area contributed by atoms with Gasteiger partial charge in [0.25, 0.3) is 0 Å². The van der Waals surface area contributed by atoms with E-state index in [1.807, 2.05) is 41.7 Å². The minimum atomic E-state index is -0.377. The van der Waals surface area contributed by atoms with Crippen LogP contribution in [0.15, 0.2) is 44.9 Å². The molecule has 1 N–H and O–H groups in total. The molecule has 1 amide bonds. The maximum Gasteiger partial charge on any atom is 0.338 e. The van der Waals surface area contributed by atoms with Crippen molar-refractivity contribution >= 4 is 40.1 Å². The number of thiophene rings is 1.